The average Bonchev–Trinajstić information content (AvgIpc) is 3.22. The Morgan fingerprint density at radius 2 is 2.05 bits per heavy atom. The molecule has 3 nitrogen and oxygen atoms in total. The predicted molar refractivity (Wildman–Crippen MR) is 79.0 cm³/mol. The van der Waals surface area contributed by atoms with E-state index >= 15 is 0 Å². The monoisotopic (exact) mass is 253 g/mol. The number of aryl methyl sites for hydroxylation is 1. The highest BCUT2D eigenvalue weighted by molar-refractivity contribution is 5.53. The van der Waals surface area contributed by atoms with Crippen molar-refractivity contribution in [3.05, 3.63) is 53.9 Å². The molecule has 2 aromatic rings. The van der Waals surface area contributed by atoms with Crippen LogP contribution in [0.4, 0.5) is 11.4 Å². The first-order valence-corrected chi connectivity index (χ1v) is 6.77. The van der Waals surface area contributed by atoms with E-state index in [0.717, 1.165) is 17.9 Å². The van der Waals surface area contributed by atoms with Crippen molar-refractivity contribution in [1.82, 2.24) is 4.98 Å². The molecule has 1 aromatic carbocycles. The van der Waals surface area contributed by atoms with Gasteiger partial charge in [-0.2, -0.15) is 0 Å². The minimum Gasteiger partial charge on any atom is -0.398 e. The summed E-state index contributed by atoms with van der Waals surface area (Å²) in [4.78, 5) is 6.72. The van der Waals surface area contributed by atoms with Gasteiger partial charge in [-0.05, 0) is 43.5 Å². The average molecular weight is 253 g/mol. The molecule has 0 radical (unpaired) electrons. The normalized spacial score (nSPS) is 14.4. The lowest BCUT2D eigenvalue weighted by molar-refractivity contribution is 0.794. The maximum absolute atomic E-state index is 6.06. The Bertz CT molecular complexity index is 576. The van der Waals surface area contributed by atoms with Crippen LogP contribution in [0.1, 0.15) is 24.1 Å². The predicted octanol–water partition coefficient (Wildman–Crippen LogP) is 3.14. The van der Waals surface area contributed by atoms with Crippen molar-refractivity contribution >= 4 is 11.4 Å². The van der Waals surface area contributed by atoms with E-state index in [0.29, 0.717) is 6.04 Å². The molecular weight excluding hydrogens is 234 g/mol. The van der Waals surface area contributed by atoms with Gasteiger partial charge in [0.05, 0.1) is 0 Å². The van der Waals surface area contributed by atoms with Crippen LogP contribution in [0.2, 0.25) is 0 Å². The summed E-state index contributed by atoms with van der Waals surface area (Å²) in [6.45, 7) is 2.91. The molecule has 0 unspecified atom stereocenters. The molecule has 1 saturated carbocycles. The summed E-state index contributed by atoms with van der Waals surface area (Å²) in [6.07, 6.45) is 4.43. The maximum atomic E-state index is 6.06. The number of benzene rings is 1. The molecule has 0 amide bonds. The molecule has 1 aliphatic rings. The van der Waals surface area contributed by atoms with Crippen LogP contribution in [-0.2, 0) is 6.54 Å². The van der Waals surface area contributed by atoms with Gasteiger partial charge in [0, 0.05) is 35.9 Å². The Morgan fingerprint density at radius 1 is 1.26 bits per heavy atom. The van der Waals surface area contributed by atoms with Gasteiger partial charge in [0.25, 0.3) is 0 Å². The van der Waals surface area contributed by atoms with Gasteiger partial charge in [0.15, 0.2) is 0 Å². The van der Waals surface area contributed by atoms with Crippen molar-refractivity contribution in [3.8, 4) is 0 Å². The van der Waals surface area contributed by atoms with E-state index in [1.165, 1.54) is 24.1 Å². The van der Waals surface area contributed by atoms with Gasteiger partial charge >= 0.3 is 0 Å². The second-order valence-electron chi connectivity index (χ2n) is 5.21. The standard InChI is InChI=1S/C16H19N3/c1-12-10-15(8-9-18-12)19(14-6-7-14)11-13-4-2-3-5-16(13)17/h2-5,8-10,14H,6-7,11,17H2,1H3. The Hall–Kier alpha value is -2.03. The van der Waals surface area contributed by atoms with Crippen LogP contribution in [0.5, 0.6) is 0 Å². The zero-order valence-corrected chi connectivity index (χ0v) is 11.2. The number of hydrogen-bond donors (Lipinski definition) is 1. The highest BCUT2D eigenvalue weighted by Crippen LogP contribution is 2.33. The Morgan fingerprint density at radius 3 is 2.74 bits per heavy atom. The van der Waals surface area contributed by atoms with Crippen molar-refractivity contribution in [2.75, 3.05) is 10.6 Å². The number of anilines is 2. The van der Waals surface area contributed by atoms with Gasteiger partial charge in [0.1, 0.15) is 0 Å². The summed E-state index contributed by atoms with van der Waals surface area (Å²) < 4.78 is 0. The molecule has 1 fully saturated rings. The van der Waals surface area contributed by atoms with Crippen LogP contribution in [0.15, 0.2) is 42.6 Å². The van der Waals surface area contributed by atoms with Crippen molar-refractivity contribution in [1.29, 1.82) is 0 Å². The molecule has 3 heteroatoms. The molecule has 1 aromatic heterocycles. The van der Waals surface area contributed by atoms with Gasteiger partial charge < -0.3 is 10.6 Å². The minimum absolute atomic E-state index is 0.654. The van der Waals surface area contributed by atoms with Crippen LogP contribution in [-0.4, -0.2) is 11.0 Å². The van der Waals surface area contributed by atoms with Crippen molar-refractivity contribution in [3.63, 3.8) is 0 Å². The number of para-hydroxylation sites is 1. The molecule has 3 rings (SSSR count). The van der Waals surface area contributed by atoms with Crippen LogP contribution in [0.3, 0.4) is 0 Å². The van der Waals surface area contributed by atoms with Crippen LogP contribution in [0.25, 0.3) is 0 Å². The van der Waals surface area contributed by atoms with Crippen molar-refractivity contribution in [2.45, 2.75) is 32.4 Å². The molecule has 0 atom stereocenters. The SMILES string of the molecule is Cc1cc(N(Cc2ccccc2N)C2CC2)ccn1. The second kappa shape index (κ2) is 4.92. The fraction of sp³-hybridized carbons (Fsp3) is 0.312. The molecule has 0 aliphatic heterocycles. The van der Waals surface area contributed by atoms with E-state index in [2.05, 4.69) is 34.1 Å². The first kappa shape index (κ1) is 12.0. The van der Waals surface area contributed by atoms with Gasteiger partial charge in [-0.1, -0.05) is 18.2 Å². The Balaban J connectivity index is 1.88. The lowest BCUT2D eigenvalue weighted by atomic mass is 10.1. The maximum Gasteiger partial charge on any atom is 0.0452 e. The van der Waals surface area contributed by atoms with E-state index in [1.54, 1.807) is 0 Å². The van der Waals surface area contributed by atoms with E-state index in [9.17, 15) is 0 Å². The number of nitrogen functional groups attached to an aromatic ring is 1. The highest BCUT2D eigenvalue weighted by atomic mass is 15.2. The number of nitrogens with zero attached hydrogens (tertiary/aromatic N) is 2. The summed E-state index contributed by atoms with van der Waals surface area (Å²) in [6, 6.07) is 13.0. The molecule has 0 spiro atoms. The quantitative estimate of drug-likeness (QED) is 0.851. The molecule has 0 bridgehead atoms. The summed E-state index contributed by atoms with van der Waals surface area (Å²) in [5, 5.41) is 0. The number of pyridine rings is 1. The summed E-state index contributed by atoms with van der Waals surface area (Å²) in [7, 11) is 0. The van der Waals surface area contributed by atoms with E-state index in [-0.39, 0.29) is 0 Å². The fourth-order valence-electron chi connectivity index (χ4n) is 2.39. The Labute approximate surface area is 114 Å². The third kappa shape index (κ3) is 2.70. The van der Waals surface area contributed by atoms with Gasteiger partial charge in [0.2, 0.25) is 0 Å². The number of rotatable bonds is 4. The minimum atomic E-state index is 0.654. The van der Waals surface area contributed by atoms with E-state index < -0.39 is 0 Å². The molecule has 1 heterocycles. The summed E-state index contributed by atoms with van der Waals surface area (Å²) in [5.41, 5.74) is 10.4. The molecular formula is C16H19N3. The lowest BCUT2D eigenvalue weighted by Crippen LogP contribution is -2.25. The molecule has 0 saturated heterocycles. The zero-order valence-electron chi connectivity index (χ0n) is 11.2. The molecule has 19 heavy (non-hydrogen) atoms. The summed E-state index contributed by atoms with van der Waals surface area (Å²) >= 11 is 0. The van der Waals surface area contributed by atoms with Crippen LogP contribution >= 0.6 is 0 Å². The third-order valence-corrected chi connectivity index (χ3v) is 3.60. The van der Waals surface area contributed by atoms with E-state index in [4.69, 9.17) is 5.73 Å². The zero-order chi connectivity index (χ0) is 13.2. The molecule has 2 N–H and O–H groups in total. The van der Waals surface area contributed by atoms with Gasteiger partial charge in [-0.3, -0.25) is 4.98 Å². The van der Waals surface area contributed by atoms with Crippen molar-refractivity contribution in [2.24, 2.45) is 0 Å². The highest BCUT2D eigenvalue weighted by Gasteiger charge is 2.29. The van der Waals surface area contributed by atoms with Gasteiger partial charge in [-0.25, -0.2) is 0 Å². The Kier molecular flexibility index (Phi) is 3.11. The second-order valence-corrected chi connectivity index (χ2v) is 5.21. The third-order valence-electron chi connectivity index (χ3n) is 3.60. The van der Waals surface area contributed by atoms with Crippen LogP contribution < -0.4 is 10.6 Å². The first-order chi connectivity index (χ1) is 9.24. The number of nitrogens with two attached hydrogens (primary N) is 1. The first-order valence-electron chi connectivity index (χ1n) is 6.77. The summed E-state index contributed by atoms with van der Waals surface area (Å²) in [5.74, 6) is 0. The van der Waals surface area contributed by atoms with E-state index in [1.807, 2.05) is 25.3 Å². The lowest BCUT2D eigenvalue weighted by Gasteiger charge is -2.25. The largest absolute Gasteiger partial charge is 0.398 e. The molecule has 98 valence electrons. The van der Waals surface area contributed by atoms with Gasteiger partial charge in [-0.15, -0.1) is 0 Å². The van der Waals surface area contributed by atoms with Crippen molar-refractivity contribution < 1.29 is 0 Å². The topological polar surface area (TPSA) is 42.1 Å². The number of hydrogen-bond acceptors (Lipinski definition) is 3. The smallest absolute Gasteiger partial charge is 0.0452 e. The van der Waals surface area contributed by atoms with Crippen LogP contribution in [0, 0.1) is 6.92 Å². The molecule has 1 aliphatic carbocycles. The fourth-order valence-corrected chi connectivity index (χ4v) is 2.39. The number of aromatic nitrogens is 1.